The van der Waals surface area contributed by atoms with Gasteiger partial charge in [-0.3, -0.25) is 4.79 Å². The van der Waals surface area contributed by atoms with Crippen LogP contribution in [0.5, 0.6) is 5.75 Å². The Morgan fingerprint density at radius 2 is 2.35 bits per heavy atom. The number of ether oxygens (including phenoxy) is 1. The van der Waals surface area contributed by atoms with E-state index in [9.17, 15) is 4.79 Å². The maximum absolute atomic E-state index is 11.4. The van der Waals surface area contributed by atoms with E-state index in [2.05, 4.69) is 21.1 Å². The molecule has 0 aliphatic rings. The number of rotatable bonds is 4. The summed E-state index contributed by atoms with van der Waals surface area (Å²) in [5.74, 6) is 0.522. The van der Waals surface area contributed by atoms with E-state index in [-0.39, 0.29) is 5.78 Å². The van der Waals surface area contributed by atoms with E-state index in [1.54, 1.807) is 18.3 Å². The quantitative estimate of drug-likeness (QED) is 0.813. The van der Waals surface area contributed by atoms with Crippen molar-refractivity contribution in [1.82, 2.24) is 5.16 Å². The molecule has 0 amide bonds. The largest absolute Gasteiger partial charge is 0.488 e. The minimum atomic E-state index is -0.0355. The van der Waals surface area contributed by atoms with Gasteiger partial charge < -0.3 is 9.26 Å². The summed E-state index contributed by atoms with van der Waals surface area (Å²) in [6.45, 7) is 1.83. The molecule has 2 rings (SSSR count). The van der Waals surface area contributed by atoms with Crippen LogP contribution in [0.25, 0.3) is 0 Å². The lowest BCUT2D eigenvalue weighted by atomic mass is 10.1. The first-order valence-electron chi connectivity index (χ1n) is 4.98. The van der Waals surface area contributed by atoms with Gasteiger partial charge in [-0.15, -0.1) is 0 Å². The Bertz CT molecular complexity index is 523. The maximum atomic E-state index is 11.4. The van der Waals surface area contributed by atoms with Crippen molar-refractivity contribution < 1.29 is 14.1 Å². The summed E-state index contributed by atoms with van der Waals surface area (Å²) in [6, 6.07) is 5.33. The fourth-order valence-electron chi connectivity index (χ4n) is 1.36. The van der Waals surface area contributed by atoms with Crippen molar-refractivity contribution in [2.45, 2.75) is 13.5 Å². The Labute approximate surface area is 107 Å². The average Bonchev–Trinajstić information content (AvgIpc) is 2.80. The molecular formula is C12H10BrNO3. The number of hydrogen-bond donors (Lipinski definition) is 0. The first-order valence-corrected chi connectivity index (χ1v) is 5.77. The summed E-state index contributed by atoms with van der Waals surface area (Å²) in [5.41, 5.74) is 1.37. The van der Waals surface area contributed by atoms with Gasteiger partial charge in [0.15, 0.2) is 5.78 Å². The Kier molecular flexibility index (Phi) is 3.58. The molecule has 0 atom stereocenters. The molecule has 5 heteroatoms. The Hall–Kier alpha value is -1.62. The minimum Gasteiger partial charge on any atom is -0.488 e. The predicted octanol–water partition coefficient (Wildman–Crippen LogP) is 3.22. The Morgan fingerprint density at radius 3 is 3.00 bits per heavy atom. The van der Waals surface area contributed by atoms with Crippen molar-refractivity contribution in [2.24, 2.45) is 0 Å². The van der Waals surface area contributed by atoms with Crippen molar-refractivity contribution >= 4 is 21.7 Å². The Morgan fingerprint density at radius 1 is 1.53 bits per heavy atom. The lowest BCUT2D eigenvalue weighted by Crippen LogP contribution is -2.01. The van der Waals surface area contributed by atoms with Crippen LogP contribution < -0.4 is 4.74 Å². The second-order valence-corrected chi connectivity index (χ2v) is 4.43. The van der Waals surface area contributed by atoms with Crippen LogP contribution in [0, 0.1) is 0 Å². The first kappa shape index (κ1) is 11.9. The van der Waals surface area contributed by atoms with Gasteiger partial charge in [0, 0.05) is 10.0 Å². The maximum Gasteiger partial charge on any atom is 0.163 e. The lowest BCUT2D eigenvalue weighted by Gasteiger charge is -2.08. The molecule has 0 aliphatic heterocycles. The first-order chi connectivity index (χ1) is 8.16. The third kappa shape index (κ3) is 2.94. The lowest BCUT2D eigenvalue weighted by molar-refractivity contribution is 0.101. The molecule has 1 aromatic heterocycles. The molecular weight excluding hydrogens is 286 g/mol. The van der Waals surface area contributed by atoms with Gasteiger partial charge in [-0.2, -0.15) is 0 Å². The highest BCUT2D eigenvalue weighted by Crippen LogP contribution is 2.24. The standard InChI is InChI=1S/C12H10BrNO3/c1-8(15)11-4-10(13)2-3-12(11)16-6-9-5-14-17-7-9/h2-5,7H,6H2,1H3. The molecule has 0 saturated carbocycles. The van der Waals surface area contributed by atoms with Crippen LogP contribution in [0.15, 0.2) is 39.7 Å². The number of nitrogens with zero attached hydrogens (tertiary/aromatic N) is 1. The molecule has 0 radical (unpaired) electrons. The van der Waals surface area contributed by atoms with Crippen molar-refractivity contribution in [2.75, 3.05) is 0 Å². The number of benzene rings is 1. The van der Waals surface area contributed by atoms with Gasteiger partial charge in [0.1, 0.15) is 18.6 Å². The van der Waals surface area contributed by atoms with Gasteiger partial charge in [-0.1, -0.05) is 21.1 Å². The van der Waals surface area contributed by atoms with E-state index >= 15 is 0 Å². The van der Waals surface area contributed by atoms with Crippen molar-refractivity contribution in [3.63, 3.8) is 0 Å². The normalized spacial score (nSPS) is 10.2. The summed E-state index contributed by atoms with van der Waals surface area (Å²) < 4.78 is 11.1. The Balaban J connectivity index is 2.17. The van der Waals surface area contributed by atoms with E-state index in [1.165, 1.54) is 13.2 Å². The van der Waals surface area contributed by atoms with Crippen molar-refractivity contribution in [3.8, 4) is 5.75 Å². The fraction of sp³-hybridized carbons (Fsp3) is 0.167. The minimum absolute atomic E-state index is 0.0355. The van der Waals surface area contributed by atoms with Crippen LogP contribution in [0.1, 0.15) is 22.8 Å². The van der Waals surface area contributed by atoms with Crippen LogP contribution in [-0.4, -0.2) is 10.9 Å². The van der Waals surface area contributed by atoms with Gasteiger partial charge >= 0.3 is 0 Å². The number of Topliss-reactive ketones (excluding diaryl/α,β-unsaturated/α-hetero) is 1. The summed E-state index contributed by atoms with van der Waals surface area (Å²) in [6.07, 6.45) is 3.08. The van der Waals surface area contributed by atoms with E-state index < -0.39 is 0 Å². The highest BCUT2D eigenvalue weighted by Gasteiger charge is 2.09. The zero-order valence-corrected chi connectivity index (χ0v) is 10.7. The number of ketones is 1. The molecule has 0 aliphatic carbocycles. The van der Waals surface area contributed by atoms with Crippen molar-refractivity contribution in [3.05, 3.63) is 46.3 Å². The molecule has 0 spiro atoms. The van der Waals surface area contributed by atoms with Gasteiger partial charge in [-0.05, 0) is 25.1 Å². The van der Waals surface area contributed by atoms with Crippen LogP contribution in [-0.2, 0) is 6.61 Å². The summed E-state index contributed by atoms with van der Waals surface area (Å²) >= 11 is 3.32. The van der Waals surface area contributed by atoms with Crippen molar-refractivity contribution in [1.29, 1.82) is 0 Å². The molecule has 0 bridgehead atoms. The molecule has 0 saturated heterocycles. The third-order valence-corrected chi connectivity index (χ3v) is 2.69. The molecule has 1 aromatic carbocycles. The molecule has 17 heavy (non-hydrogen) atoms. The SMILES string of the molecule is CC(=O)c1cc(Br)ccc1OCc1cnoc1. The topological polar surface area (TPSA) is 52.3 Å². The second kappa shape index (κ2) is 5.14. The zero-order valence-electron chi connectivity index (χ0n) is 9.14. The summed E-state index contributed by atoms with van der Waals surface area (Å²) in [4.78, 5) is 11.4. The summed E-state index contributed by atoms with van der Waals surface area (Å²) in [7, 11) is 0. The van der Waals surface area contributed by atoms with Gasteiger partial charge in [-0.25, -0.2) is 0 Å². The predicted molar refractivity (Wildman–Crippen MR) is 65.0 cm³/mol. The van der Waals surface area contributed by atoms with Gasteiger partial charge in [0.05, 0.1) is 11.8 Å². The molecule has 4 nitrogen and oxygen atoms in total. The van der Waals surface area contributed by atoms with E-state index in [4.69, 9.17) is 9.26 Å². The van der Waals surface area contributed by atoms with E-state index in [0.717, 1.165) is 10.0 Å². The fourth-order valence-corrected chi connectivity index (χ4v) is 1.72. The van der Waals surface area contributed by atoms with E-state index in [0.29, 0.717) is 17.9 Å². The highest BCUT2D eigenvalue weighted by atomic mass is 79.9. The molecule has 1 heterocycles. The number of carbonyl (C=O) groups excluding carboxylic acids is 1. The number of aromatic nitrogens is 1. The molecule has 0 fully saturated rings. The van der Waals surface area contributed by atoms with Crippen LogP contribution in [0.3, 0.4) is 0 Å². The number of carbonyl (C=O) groups is 1. The number of hydrogen-bond acceptors (Lipinski definition) is 4. The molecule has 0 unspecified atom stereocenters. The van der Waals surface area contributed by atoms with Gasteiger partial charge in [0.25, 0.3) is 0 Å². The zero-order chi connectivity index (χ0) is 12.3. The third-order valence-electron chi connectivity index (χ3n) is 2.20. The average molecular weight is 296 g/mol. The molecule has 2 aromatic rings. The van der Waals surface area contributed by atoms with Crippen LogP contribution in [0.4, 0.5) is 0 Å². The smallest absolute Gasteiger partial charge is 0.163 e. The molecule has 0 N–H and O–H groups in total. The van der Waals surface area contributed by atoms with Crippen LogP contribution in [0.2, 0.25) is 0 Å². The highest BCUT2D eigenvalue weighted by molar-refractivity contribution is 9.10. The van der Waals surface area contributed by atoms with Gasteiger partial charge in [0.2, 0.25) is 0 Å². The molecule has 88 valence electrons. The number of halogens is 1. The van der Waals surface area contributed by atoms with Crippen LogP contribution >= 0.6 is 15.9 Å². The second-order valence-electron chi connectivity index (χ2n) is 3.52. The summed E-state index contributed by atoms with van der Waals surface area (Å²) in [5, 5.41) is 3.58. The van der Waals surface area contributed by atoms with E-state index in [1.807, 2.05) is 6.07 Å². The monoisotopic (exact) mass is 295 g/mol.